The fraction of sp³-hybridized carbons (Fsp3) is 0.105. The molecule has 0 bridgehead atoms. The molecule has 2 aromatic carbocycles. The van der Waals surface area contributed by atoms with E-state index in [1.807, 2.05) is 0 Å². The van der Waals surface area contributed by atoms with Crippen molar-refractivity contribution >= 4 is 16.9 Å². The van der Waals surface area contributed by atoms with Gasteiger partial charge in [-0.1, -0.05) is 24.3 Å². The van der Waals surface area contributed by atoms with E-state index in [2.05, 4.69) is 4.74 Å². The highest BCUT2D eigenvalue weighted by Gasteiger charge is 2.10. The maximum Gasteiger partial charge on any atom is 0.337 e. The molecule has 0 aliphatic carbocycles. The van der Waals surface area contributed by atoms with Crippen LogP contribution in [0.1, 0.15) is 15.9 Å². The molecule has 0 fully saturated rings. The summed E-state index contributed by atoms with van der Waals surface area (Å²) in [7, 11) is 1.30. The van der Waals surface area contributed by atoms with Gasteiger partial charge >= 0.3 is 5.97 Å². The van der Waals surface area contributed by atoms with Crippen molar-refractivity contribution in [1.29, 1.82) is 0 Å². The number of benzene rings is 2. The first-order valence-corrected chi connectivity index (χ1v) is 7.54. The van der Waals surface area contributed by atoms with Gasteiger partial charge in [0.1, 0.15) is 5.75 Å². The topological polar surface area (TPSA) is 85.6 Å². The molecule has 0 radical (unpaired) electrons. The minimum Gasteiger partial charge on any atom is -0.507 e. The maximum absolute atomic E-state index is 12.4. The van der Waals surface area contributed by atoms with Crippen molar-refractivity contribution in [3.8, 4) is 5.75 Å². The highest BCUT2D eigenvalue weighted by molar-refractivity contribution is 5.89. The van der Waals surface area contributed by atoms with E-state index >= 15 is 0 Å². The summed E-state index contributed by atoms with van der Waals surface area (Å²) in [5.74, 6) is -0.690. The third kappa shape index (κ3) is 3.14. The number of hydrogen-bond acceptors (Lipinski definition) is 5. The number of aromatic nitrogens is 1. The first kappa shape index (κ1) is 16.4. The lowest BCUT2D eigenvalue weighted by Gasteiger charge is -2.08. The number of esters is 1. The van der Waals surface area contributed by atoms with Gasteiger partial charge in [0.15, 0.2) is 0 Å². The van der Waals surface area contributed by atoms with Crippen LogP contribution in [0.3, 0.4) is 0 Å². The number of ether oxygens (including phenoxy) is 1. The standard InChI is InChI=1S/C19H15NO5/c1-25-19(24)13-8-6-12(7-9-13)11-20-15-5-3-2-4-14(15)16(21)10-17(22)18(20)23/h2-10,21H,11H2,1H3. The molecule has 0 aliphatic rings. The van der Waals surface area contributed by atoms with Gasteiger partial charge in [-0.05, 0) is 29.8 Å². The fourth-order valence-corrected chi connectivity index (χ4v) is 2.64. The van der Waals surface area contributed by atoms with E-state index in [9.17, 15) is 19.5 Å². The number of fused-ring (bicyclic) bond motifs is 1. The normalized spacial score (nSPS) is 10.6. The lowest BCUT2D eigenvalue weighted by atomic mass is 10.1. The van der Waals surface area contributed by atoms with Crippen molar-refractivity contribution in [2.75, 3.05) is 7.11 Å². The monoisotopic (exact) mass is 337 g/mol. The highest BCUT2D eigenvalue weighted by atomic mass is 16.5. The molecule has 3 rings (SSSR count). The fourth-order valence-electron chi connectivity index (χ4n) is 2.64. The first-order chi connectivity index (χ1) is 12.0. The molecule has 6 heteroatoms. The summed E-state index contributed by atoms with van der Waals surface area (Å²) in [5, 5.41) is 10.5. The Morgan fingerprint density at radius 3 is 2.44 bits per heavy atom. The average molecular weight is 337 g/mol. The lowest BCUT2D eigenvalue weighted by Crippen LogP contribution is -2.31. The van der Waals surface area contributed by atoms with Crippen molar-refractivity contribution in [2.24, 2.45) is 0 Å². The van der Waals surface area contributed by atoms with Gasteiger partial charge < -0.3 is 14.4 Å². The number of carbonyl (C=O) groups excluding carboxylic acids is 1. The van der Waals surface area contributed by atoms with Gasteiger partial charge in [-0.2, -0.15) is 0 Å². The van der Waals surface area contributed by atoms with Crippen LogP contribution in [0.25, 0.3) is 10.9 Å². The number of aromatic hydroxyl groups is 1. The molecule has 0 amide bonds. The van der Waals surface area contributed by atoms with Crippen molar-refractivity contribution in [2.45, 2.75) is 6.54 Å². The minimum atomic E-state index is -0.792. The van der Waals surface area contributed by atoms with Crippen LogP contribution < -0.4 is 11.0 Å². The number of rotatable bonds is 3. The van der Waals surface area contributed by atoms with E-state index in [0.717, 1.165) is 11.6 Å². The second-order valence-electron chi connectivity index (χ2n) is 5.49. The smallest absolute Gasteiger partial charge is 0.337 e. The molecule has 25 heavy (non-hydrogen) atoms. The molecule has 0 spiro atoms. The van der Waals surface area contributed by atoms with E-state index in [1.165, 1.54) is 11.7 Å². The van der Waals surface area contributed by atoms with Gasteiger partial charge in [0, 0.05) is 11.5 Å². The molecule has 0 atom stereocenters. The Kier molecular flexibility index (Phi) is 4.35. The Morgan fingerprint density at radius 1 is 1.08 bits per heavy atom. The SMILES string of the molecule is COC(=O)c1ccc(Cn2c(=O)c(=O)cc(O)c3ccccc32)cc1. The second-order valence-corrected chi connectivity index (χ2v) is 5.49. The van der Waals surface area contributed by atoms with Gasteiger partial charge in [0.05, 0.1) is 24.7 Å². The van der Waals surface area contributed by atoms with E-state index < -0.39 is 17.0 Å². The van der Waals surface area contributed by atoms with Gasteiger partial charge in [0.2, 0.25) is 5.43 Å². The van der Waals surface area contributed by atoms with Crippen LogP contribution in [-0.4, -0.2) is 22.8 Å². The van der Waals surface area contributed by atoms with Crippen LogP contribution in [0.2, 0.25) is 0 Å². The predicted molar refractivity (Wildman–Crippen MR) is 93.0 cm³/mol. The molecule has 1 aromatic heterocycles. The molecule has 6 nitrogen and oxygen atoms in total. The first-order valence-electron chi connectivity index (χ1n) is 7.54. The summed E-state index contributed by atoms with van der Waals surface area (Å²) >= 11 is 0. The van der Waals surface area contributed by atoms with Gasteiger partial charge in [-0.3, -0.25) is 9.59 Å². The molecule has 1 N–H and O–H groups in total. The van der Waals surface area contributed by atoms with E-state index in [1.54, 1.807) is 48.5 Å². The quantitative estimate of drug-likeness (QED) is 0.583. The largest absolute Gasteiger partial charge is 0.507 e. The Bertz CT molecular complexity index is 1070. The zero-order chi connectivity index (χ0) is 18.0. The molecule has 126 valence electrons. The average Bonchev–Trinajstić information content (AvgIpc) is 2.72. The molecule has 3 aromatic rings. The summed E-state index contributed by atoms with van der Waals surface area (Å²) in [5.41, 5.74) is 0.0480. The van der Waals surface area contributed by atoms with Crippen LogP contribution >= 0.6 is 0 Å². The zero-order valence-electron chi connectivity index (χ0n) is 13.4. The maximum atomic E-state index is 12.4. The van der Waals surface area contributed by atoms with Gasteiger partial charge in [-0.25, -0.2) is 4.79 Å². The van der Waals surface area contributed by atoms with Crippen LogP contribution in [0.15, 0.2) is 64.2 Å². The van der Waals surface area contributed by atoms with Crippen molar-refractivity contribution < 1.29 is 14.6 Å². The molecule has 1 heterocycles. The number of nitrogens with zero attached hydrogens (tertiary/aromatic N) is 1. The van der Waals surface area contributed by atoms with Crippen molar-refractivity contribution in [1.82, 2.24) is 4.57 Å². The lowest BCUT2D eigenvalue weighted by molar-refractivity contribution is 0.0600. The van der Waals surface area contributed by atoms with E-state index in [0.29, 0.717) is 16.5 Å². The number of methoxy groups -OCH3 is 1. The van der Waals surface area contributed by atoms with Crippen molar-refractivity contribution in [3.05, 3.63) is 86.3 Å². The Hall–Kier alpha value is -3.41. The molecule has 0 saturated heterocycles. The van der Waals surface area contributed by atoms with Gasteiger partial charge in [-0.15, -0.1) is 0 Å². The second kappa shape index (κ2) is 6.60. The van der Waals surface area contributed by atoms with E-state index in [-0.39, 0.29) is 12.3 Å². The predicted octanol–water partition coefficient (Wildman–Crippen LogP) is 1.90. The third-order valence-electron chi connectivity index (χ3n) is 3.91. The van der Waals surface area contributed by atoms with Crippen LogP contribution in [0.4, 0.5) is 0 Å². The molecular formula is C19H15NO5. The number of para-hydroxylation sites is 1. The minimum absolute atomic E-state index is 0.129. The van der Waals surface area contributed by atoms with Crippen LogP contribution in [-0.2, 0) is 11.3 Å². The highest BCUT2D eigenvalue weighted by Crippen LogP contribution is 2.21. The zero-order valence-corrected chi connectivity index (χ0v) is 13.4. The van der Waals surface area contributed by atoms with E-state index in [4.69, 9.17) is 0 Å². The summed E-state index contributed by atoms with van der Waals surface area (Å²) in [6, 6.07) is 14.2. The number of carbonyl (C=O) groups is 1. The van der Waals surface area contributed by atoms with Crippen LogP contribution in [0, 0.1) is 0 Å². The Labute approximate surface area is 142 Å². The summed E-state index contributed by atoms with van der Waals surface area (Å²) in [6.45, 7) is 0.129. The molecular weight excluding hydrogens is 322 g/mol. The third-order valence-corrected chi connectivity index (χ3v) is 3.91. The summed E-state index contributed by atoms with van der Waals surface area (Å²) < 4.78 is 5.96. The van der Waals surface area contributed by atoms with Crippen LogP contribution in [0.5, 0.6) is 5.75 Å². The summed E-state index contributed by atoms with van der Waals surface area (Å²) in [4.78, 5) is 35.9. The number of hydrogen-bond donors (Lipinski definition) is 1. The van der Waals surface area contributed by atoms with Crippen molar-refractivity contribution in [3.63, 3.8) is 0 Å². The molecule has 0 saturated carbocycles. The van der Waals surface area contributed by atoms with Gasteiger partial charge in [0.25, 0.3) is 5.56 Å². The Morgan fingerprint density at radius 2 is 1.76 bits per heavy atom. The molecule has 0 unspecified atom stereocenters. The molecule has 0 aliphatic heterocycles. The summed E-state index contributed by atoms with van der Waals surface area (Å²) in [6.07, 6.45) is 0. The Balaban J connectivity index is 2.15.